The molecule has 0 unspecified atom stereocenters. The average Bonchev–Trinajstić information content (AvgIpc) is 3.20. The van der Waals surface area contributed by atoms with E-state index < -0.39 is 10.0 Å². The van der Waals surface area contributed by atoms with Crippen LogP contribution < -0.4 is 0 Å². The maximum absolute atomic E-state index is 13.0. The standard InChI is InChI=1S/C21H27N3O4S/c1-16-15-20(28-22-16)21(25)23-11-13-24(14-12-23)29(26,27)19-9-7-18(8-10-19)17-5-3-2-4-6-17/h7-10,15,17H,2-6,11-14H2,1H3. The summed E-state index contributed by atoms with van der Waals surface area (Å²) in [5.41, 5.74) is 1.88. The van der Waals surface area contributed by atoms with Gasteiger partial charge in [-0.05, 0) is 43.4 Å². The summed E-state index contributed by atoms with van der Waals surface area (Å²) in [6.45, 7) is 2.96. The number of amides is 1. The van der Waals surface area contributed by atoms with Gasteiger partial charge in [0.25, 0.3) is 5.91 Å². The lowest BCUT2D eigenvalue weighted by atomic mass is 9.84. The number of sulfonamides is 1. The van der Waals surface area contributed by atoms with Crippen molar-refractivity contribution in [3.05, 3.63) is 47.3 Å². The van der Waals surface area contributed by atoms with Crippen LogP contribution in [0.15, 0.2) is 39.8 Å². The molecule has 0 bridgehead atoms. The van der Waals surface area contributed by atoms with E-state index in [9.17, 15) is 13.2 Å². The van der Waals surface area contributed by atoms with Crippen molar-refractivity contribution in [3.8, 4) is 0 Å². The van der Waals surface area contributed by atoms with Crippen LogP contribution in [0, 0.1) is 6.92 Å². The number of benzene rings is 1. The first kappa shape index (κ1) is 20.1. The molecule has 2 heterocycles. The Labute approximate surface area is 171 Å². The van der Waals surface area contributed by atoms with Crippen LogP contribution in [-0.4, -0.2) is 54.9 Å². The fourth-order valence-corrected chi connectivity index (χ4v) is 5.67. The van der Waals surface area contributed by atoms with Gasteiger partial charge in [-0.3, -0.25) is 4.79 Å². The van der Waals surface area contributed by atoms with Crippen LogP contribution >= 0.6 is 0 Å². The van der Waals surface area contributed by atoms with Crippen molar-refractivity contribution in [2.45, 2.75) is 49.8 Å². The van der Waals surface area contributed by atoms with Gasteiger partial charge in [0.15, 0.2) is 0 Å². The lowest BCUT2D eigenvalue weighted by Gasteiger charge is -2.33. The van der Waals surface area contributed by atoms with Crippen LogP contribution in [0.25, 0.3) is 0 Å². The molecule has 1 aromatic heterocycles. The van der Waals surface area contributed by atoms with E-state index in [-0.39, 0.29) is 24.8 Å². The maximum atomic E-state index is 13.0. The number of aromatic nitrogens is 1. The first-order valence-corrected chi connectivity index (χ1v) is 11.7. The number of carbonyl (C=O) groups is 1. The topological polar surface area (TPSA) is 83.7 Å². The number of carbonyl (C=O) groups excluding carboxylic acids is 1. The molecule has 4 rings (SSSR count). The Morgan fingerprint density at radius 1 is 1.03 bits per heavy atom. The third kappa shape index (κ3) is 4.23. The molecule has 2 aliphatic rings. The number of hydrogen-bond donors (Lipinski definition) is 0. The van der Waals surface area contributed by atoms with Crippen LogP contribution in [0.1, 0.15) is 59.8 Å². The van der Waals surface area contributed by atoms with E-state index in [0.717, 1.165) is 0 Å². The first-order chi connectivity index (χ1) is 13.9. The van der Waals surface area contributed by atoms with Crippen molar-refractivity contribution >= 4 is 15.9 Å². The van der Waals surface area contributed by atoms with Gasteiger partial charge in [0.05, 0.1) is 10.6 Å². The summed E-state index contributed by atoms with van der Waals surface area (Å²) < 4.78 is 32.5. The lowest BCUT2D eigenvalue weighted by Crippen LogP contribution is -2.50. The Bertz CT molecular complexity index is 954. The quantitative estimate of drug-likeness (QED) is 0.763. The van der Waals surface area contributed by atoms with Gasteiger partial charge in [-0.25, -0.2) is 8.42 Å². The van der Waals surface area contributed by atoms with E-state index in [0.29, 0.717) is 29.6 Å². The number of piperazine rings is 1. The van der Waals surface area contributed by atoms with Crippen LogP contribution in [-0.2, 0) is 10.0 Å². The molecule has 1 aliphatic carbocycles. The van der Waals surface area contributed by atoms with Gasteiger partial charge in [0.1, 0.15) is 0 Å². The van der Waals surface area contributed by atoms with Crippen LogP contribution in [0.4, 0.5) is 0 Å². The molecular weight excluding hydrogens is 390 g/mol. The van der Waals surface area contributed by atoms with E-state index in [1.54, 1.807) is 30.0 Å². The smallest absolute Gasteiger partial charge is 0.292 e. The van der Waals surface area contributed by atoms with Crippen molar-refractivity contribution in [2.24, 2.45) is 0 Å². The molecule has 1 saturated carbocycles. The van der Waals surface area contributed by atoms with Gasteiger partial charge in [0.2, 0.25) is 15.8 Å². The van der Waals surface area contributed by atoms with Gasteiger partial charge in [0, 0.05) is 32.2 Å². The van der Waals surface area contributed by atoms with Gasteiger partial charge in [-0.15, -0.1) is 0 Å². The highest BCUT2D eigenvalue weighted by molar-refractivity contribution is 7.89. The Morgan fingerprint density at radius 3 is 2.28 bits per heavy atom. The van der Waals surface area contributed by atoms with E-state index in [2.05, 4.69) is 5.16 Å². The summed E-state index contributed by atoms with van der Waals surface area (Å²) in [5.74, 6) is 0.492. The van der Waals surface area contributed by atoms with Gasteiger partial charge >= 0.3 is 0 Å². The minimum atomic E-state index is -3.56. The summed E-state index contributed by atoms with van der Waals surface area (Å²) in [4.78, 5) is 14.4. The highest BCUT2D eigenvalue weighted by Crippen LogP contribution is 2.33. The Balaban J connectivity index is 1.40. The molecule has 7 nitrogen and oxygen atoms in total. The number of rotatable bonds is 4. The van der Waals surface area contributed by atoms with Crippen molar-refractivity contribution < 1.29 is 17.7 Å². The first-order valence-electron chi connectivity index (χ1n) is 10.3. The predicted molar refractivity (Wildman–Crippen MR) is 108 cm³/mol. The van der Waals surface area contributed by atoms with Gasteiger partial charge in [-0.2, -0.15) is 4.31 Å². The summed E-state index contributed by atoms with van der Waals surface area (Å²) >= 11 is 0. The lowest BCUT2D eigenvalue weighted by molar-refractivity contribution is 0.0656. The van der Waals surface area contributed by atoms with E-state index >= 15 is 0 Å². The molecule has 8 heteroatoms. The summed E-state index contributed by atoms with van der Waals surface area (Å²) in [6.07, 6.45) is 6.18. The van der Waals surface area contributed by atoms with Gasteiger partial charge < -0.3 is 9.42 Å². The van der Waals surface area contributed by atoms with Crippen molar-refractivity contribution in [2.75, 3.05) is 26.2 Å². The molecule has 1 aromatic carbocycles. The van der Waals surface area contributed by atoms with Gasteiger partial charge in [-0.1, -0.05) is 36.6 Å². The van der Waals surface area contributed by atoms with Crippen LogP contribution in [0.5, 0.6) is 0 Å². The number of hydrogen-bond acceptors (Lipinski definition) is 5. The molecule has 29 heavy (non-hydrogen) atoms. The maximum Gasteiger partial charge on any atom is 0.292 e. The van der Waals surface area contributed by atoms with Crippen LogP contribution in [0.2, 0.25) is 0 Å². The van der Waals surface area contributed by atoms with E-state index in [1.807, 2.05) is 12.1 Å². The zero-order valence-corrected chi connectivity index (χ0v) is 17.5. The normalized spacial score (nSPS) is 19.4. The molecule has 0 atom stereocenters. The molecule has 2 fully saturated rings. The molecule has 1 aliphatic heterocycles. The molecular formula is C21H27N3O4S. The van der Waals surface area contributed by atoms with E-state index in [4.69, 9.17) is 4.52 Å². The Morgan fingerprint density at radius 2 is 1.69 bits per heavy atom. The Kier molecular flexibility index (Phi) is 5.74. The summed E-state index contributed by atoms with van der Waals surface area (Å²) in [5, 5.41) is 3.74. The highest BCUT2D eigenvalue weighted by Gasteiger charge is 2.31. The minimum Gasteiger partial charge on any atom is -0.351 e. The third-order valence-corrected chi connectivity index (χ3v) is 7.87. The zero-order chi connectivity index (χ0) is 20.4. The van der Waals surface area contributed by atoms with E-state index in [1.165, 1.54) is 42.0 Å². The number of nitrogens with zero attached hydrogens (tertiary/aromatic N) is 3. The molecule has 0 radical (unpaired) electrons. The third-order valence-electron chi connectivity index (χ3n) is 5.96. The molecule has 0 N–H and O–H groups in total. The second kappa shape index (κ2) is 8.28. The van der Waals surface area contributed by atoms with Crippen molar-refractivity contribution in [3.63, 3.8) is 0 Å². The molecule has 0 spiro atoms. The van der Waals surface area contributed by atoms with Crippen LogP contribution in [0.3, 0.4) is 0 Å². The second-order valence-corrected chi connectivity index (χ2v) is 9.87. The average molecular weight is 418 g/mol. The molecule has 1 saturated heterocycles. The largest absolute Gasteiger partial charge is 0.351 e. The zero-order valence-electron chi connectivity index (χ0n) is 16.7. The molecule has 2 aromatic rings. The molecule has 156 valence electrons. The SMILES string of the molecule is Cc1cc(C(=O)N2CCN(S(=O)(=O)c3ccc(C4CCCCC4)cc3)CC2)on1. The fraction of sp³-hybridized carbons (Fsp3) is 0.524. The highest BCUT2D eigenvalue weighted by atomic mass is 32.2. The fourth-order valence-electron chi connectivity index (χ4n) is 4.25. The molecule has 1 amide bonds. The minimum absolute atomic E-state index is 0.192. The summed E-state index contributed by atoms with van der Waals surface area (Å²) in [7, 11) is -3.56. The van der Waals surface area contributed by atoms with Crippen molar-refractivity contribution in [1.82, 2.24) is 14.4 Å². The predicted octanol–water partition coefficient (Wildman–Crippen LogP) is 3.18. The number of aryl methyl sites for hydroxylation is 1. The van der Waals surface area contributed by atoms with Crippen molar-refractivity contribution in [1.29, 1.82) is 0 Å². The Hall–Kier alpha value is -2.19. The second-order valence-electron chi connectivity index (χ2n) is 7.93. The monoisotopic (exact) mass is 417 g/mol. The summed E-state index contributed by atoms with van der Waals surface area (Å²) in [6, 6.07) is 8.99.